The SMILES string of the molecule is CC(C)CCC(=O)OCCOC(=O)C1CCCCC1C(=O)O. The van der Waals surface area contributed by atoms with E-state index in [9.17, 15) is 14.4 Å². The lowest BCUT2D eigenvalue weighted by molar-refractivity contribution is -0.162. The van der Waals surface area contributed by atoms with Crippen LogP contribution in [0.4, 0.5) is 0 Å². The largest absolute Gasteiger partial charge is 0.481 e. The van der Waals surface area contributed by atoms with E-state index < -0.39 is 23.8 Å². The zero-order valence-electron chi connectivity index (χ0n) is 13.4. The summed E-state index contributed by atoms with van der Waals surface area (Å²) >= 11 is 0. The third kappa shape index (κ3) is 6.45. The summed E-state index contributed by atoms with van der Waals surface area (Å²) < 4.78 is 10.0. The van der Waals surface area contributed by atoms with Gasteiger partial charge in [-0.15, -0.1) is 0 Å². The highest BCUT2D eigenvalue weighted by molar-refractivity contribution is 5.81. The van der Waals surface area contributed by atoms with Crippen LogP contribution < -0.4 is 0 Å². The number of rotatable bonds is 8. The van der Waals surface area contributed by atoms with Crippen LogP contribution in [0.15, 0.2) is 0 Å². The Morgan fingerprint density at radius 3 is 2.23 bits per heavy atom. The molecule has 1 saturated carbocycles. The van der Waals surface area contributed by atoms with Crippen molar-refractivity contribution in [3.8, 4) is 0 Å². The van der Waals surface area contributed by atoms with Gasteiger partial charge in [-0.05, 0) is 25.2 Å². The van der Waals surface area contributed by atoms with Gasteiger partial charge in [-0.3, -0.25) is 14.4 Å². The number of hydrogen-bond acceptors (Lipinski definition) is 5. The Morgan fingerprint density at radius 2 is 1.64 bits per heavy atom. The van der Waals surface area contributed by atoms with Gasteiger partial charge >= 0.3 is 17.9 Å². The van der Waals surface area contributed by atoms with Crippen molar-refractivity contribution in [2.45, 2.75) is 52.4 Å². The van der Waals surface area contributed by atoms with Gasteiger partial charge in [-0.2, -0.15) is 0 Å². The maximum atomic E-state index is 11.9. The van der Waals surface area contributed by atoms with Crippen molar-refractivity contribution in [3.05, 3.63) is 0 Å². The van der Waals surface area contributed by atoms with Gasteiger partial charge < -0.3 is 14.6 Å². The average Bonchev–Trinajstić information content (AvgIpc) is 2.49. The van der Waals surface area contributed by atoms with Crippen molar-refractivity contribution in [1.82, 2.24) is 0 Å². The van der Waals surface area contributed by atoms with Crippen molar-refractivity contribution in [1.29, 1.82) is 0 Å². The fourth-order valence-electron chi connectivity index (χ4n) is 2.59. The molecule has 6 heteroatoms. The monoisotopic (exact) mass is 314 g/mol. The maximum Gasteiger partial charge on any atom is 0.309 e. The van der Waals surface area contributed by atoms with Crippen molar-refractivity contribution >= 4 is 17.9 Å². The van der Waals surface area contributed by atoms with Crippen LogP contribution in [0.2, 0.25) is 0 Å². The van der Waals surface area contributed by atoms with Crippen molar-refractivity contribution in [3.63, 3.8) is 0 Å². The van der Waals surface area contributed by atoms with Gasteiger partial charge in [-0.1, -0.05) is 26.7 Å². The Balaban J connectivity index is 2.24. The van der Waals surface area contributed by atoms with Gasteiger partial charge in [0.25, 0.3) is 0 Å². The van der Waals surface area contributed by atoms with E-state index in [1.165, 1.54) is 0 Å². The van der Waals surface area contributed by atoms with Gasteiger partial charge in [0, 0.05) is 6.42 Å². The van der Waals surface area contributed by atoms with E-state index in [-0.39, 0.29) is 19.2 Å². The van der Waals surface area contributed by atoms with Crippen molar-refractivity contribution < 1.29 is 29.0 Å². The van der Waals surface area contributed by atoms with Crippen LogP contribution in [-0.4, -0.2) is 36.2 Å². The zero-order chi connectivity index (χ0) is 16.5. The highest BCUT2D eigenvalue weighted by Gasteiger charge is 2.36. The first-order valence-corrected chi connectivity index (χ1v) is 7.97. The third-order valence-electron chi connectivity index (χ3n) is 3.90. The second-order valence-corrected chi connectivity index (χ2v) is 6.16. The summed E-state index contributed by atoms with van der Waals surface area (Å²) in [4.78, 5) is 34.5. The minimum Gasteiger partial charge on any atom is -0.481 e. The minimum absolute atomic E-state index is 0.0188. The molecule has 1 aliphatic carbocycles. The summed E-state index contributed by atoms with van der Waals surface area (Å²) in [7, 11) is 0. The van der Waals surface area contributed by atoms with Crippen molar-refractivity contribution in [2.75, 3.05) is 13.2 Å². The van der Waals surface area contributed by atoms with E-state index in [0.717, 1.165) is 19.3 Å². The molecular weight excluding hydrogens is 288 g/mol. The molecule has 1 N–H and O–H groups in total. The molecule has 0 aromatic rings. The molecule has 1 aliphatic rings. The third-order valence-corrected chi connectivity index (χ3v) is 3.90. The highest BCUT2D eigenvalue weighted by atomic mass is 16.6. The molecule has 0 saturated heterocycles. The second-order valence-electron chi connectivity index (χ2n) is 6.16. The molecule has 0 aromatic heterocycles. The van der Waals surface area contributed by atoms with Crippen LogP contribution in [0, 0.1) is 17.8 Å². The number of carbonyl (C=O) groups excluding carboxylic acids is 2. The number of carboxylic acid groups (broad SMARTS) is 1. The van der Waals surface area contributed by atoms with Crippen LogP contribution in [0.1, 0.15) is 52.4 Å². The summed E-state index contributed by atoms with van der Waals surface area (Å²) in [6.07, 6.45) is 3.85. The quantitative estimate of drug-likeness (QED) is 0.546. The number of ether oxygens (including phenoxy) is 2. The Hall–Kier alpha value is -1.59. The Kier molecular flexibility index (Phi) is 7.91. The van der Waals surface area contributed by atoms with Gasteiger partial charge in [0.05, 0.1) is 11.8 Å². The molecule has 6 nitrogen and oxygen atoms in total. The van der Waals surface area contributed by atoms with Crippen LogP contribution >= 0.6 is 0 Å². The highest BCUT2D eigenvalue weighted by Crippen LogP contribution is 2.31. The van der Waals surface area contributed by atoms with Crippen LogP contribution in [0.3, 0.4) is 0 Å². The van der Waals surface area contributed by atoms with Gasteiger partial charge in [-0.25, -0.2) is 0 Å². The lowest BCUT2D eigenvalue weighted by atomic mass is 9.79. The summed E-state index contributed by atoms with van der Waals surface area (Å²) in [6, 6.07) is 0. The lowest BCUT2D eigenvalue weighted by Gasteiger charge is -2.26. The number of aliphatic carboxylic acids is 1. The maximum absolute atomic E-state index is 11.9. The zero-order valence-corrected chi connectivity index (χ0v) is 13.4. The molecule has 0 aromatic carbocycles. The molecule has 22 heavy (non-hydrogen) atoms. The fourth-order valence-corrected chi connectivity index (χ4v) is 2.59. The first-order chi connectivity index (χ1) is 10.4. The van der Waals surface area contributed by atoms with Gasteiger partial charge in [0.2, 0.25) is 0 Å². The van der Waals surface area contributed by atoms with E-state index in [0.29, 0.717) is 25.2 Å². The molecule has 0 radical (unpaired) electrons. The Bertz CT molecular complexity index is 390. The standard InChI is InChI=1S/C16H26O6/c1-11(2)7-8-14(17)21-9-10-22-16(20)13-6-4-3-5-12(13)15(18)19/h11-13H,3-10H2,1-2H3,(H,18,19). The fraction of sp³-hybridized carbons (Fsp3) is 0.812. The molecule has 0 aliphatic heterocycles. The molecule has 1 fully saturated rings. The summed E-state index contributed by atoms with van der Waals surface area (Å²) in [6.45, 7) is 4.05. The predicted molar refractivity (Wildman–Crippen MR) is 79.1 cm³/mol. The number of esters is 2. The Morgan fingerprint density at radius 1 is 1.05 bits per heavy atom. The normalized spacial score (nSPS) is 21.4. The molecule has 2 atom stereocenters. The second kappa shape index (κ2) is 9.43. The van der Waals surface area contributed by atoms with E-state index in [4.69, 9.17) is 14.6 Å². The minimum atomic E-state index is -0.943. The van der Waals surface area contributed by atoms with Crippen LogP contribution in [0.25, 0.3) is 0 Å². The van der Waals surface area contributed by atoms with E-state index in [1.54, 1.807) is 0 Å². The summed E-state index contributed by atoms with van der Waals surface area (Å²) in [5, 5.41) is 9.13. The topological polar surface area (TPSA) is 89.9 Å². The lowest BCUT2D eigenvalue weighted by Crippen LogP contribution is -2.34. The molecule has 0 bridgehead atoms. The van der Waals surface area contributed by atoms with Gasteiger partial charge in [0.1, 0.15) is 13.2 Å². The van der Waals surface area contributed by atoms with E-state index >= 15 is 0 Å². The summed E-state index contributed by atoms with van der Waals surface area (Å²) in [5.74, 6) is -2.54. The van der Waals surface area contributed by atoms with E-state index in [1.807, 2.05) is 13.8 Å². The molecule has 0 spiro atoms. The molecule has 1 rings (SSSR count). The molecule has 2 unspecified atom stereocenters. The number of hydrogen-bond donors (Lipinski definition) is 1. The van der Waals surface area contributed by atoms with Crippen LogP contribution in [-0.2, 0) is 23.9 Å². The first-order valence-electron chi connectivity index (χ1n) is 7.97. The van der Waals surface area contributed by atoms with Crippen LogP contribution in [0.5, 0.6) is 0 Å². The molecular formula is C16H26O6. The molecule has 126 valence electrons. The first kappa shape index (κ1) is 18.5. The van der Waals surface area contributed by atoms with E-state index in [2.05, 4.69) is 0 Å². The molecule has 0 heterocycles. The number of carbonyl (C=O) groups is 3. The Labute approximate surface area is 131 Å². The molecule has 0 amide bonds. The average molecular weight is 314 g/mol. The number of carboxylic acids is 1. The van der Waals surface area contributed by atoms with Crippen molar-refractivity contribution in [2.24, 2.45) is 17.8 Å². The summed E-state index contributed by atoms with van der Waals surface area (Å²) in [5.41, 5.74) is 0. The van der Waals surface area contributed by atoms with Gasteiger partial charge in [0.15, 0.2) is 0 Å². The predicted octanol–water partition coefficient (Wildman–Crippen LogP) is 2.40. The smallest absolute Gasteiger partial charge is 0.309 e.